The lowest BCUT2D eigenvalue weighted by atomic mass is 9.68. The van der Waals surface area contributed by atoms with Crippen LogP contribution in [-0.4, -0.2) is 34.1 Å². The molecule has 7 heteroatoms. The van der Waals surface area contributed by atoms with Crippen molar-refractivity contribution in [1.29, 1.82) is 0 Å². The predicted molar refractivity (Wildman–Crippen MR) is 101 cm³/mol. The van der Waals surface area contributed by atoms with Crippen molar-refractivity contribution in [3.63, 3.8) is 0 Å². The summed E-state index contributed by atoms with van der Waals surface area (Å²) in [6.45, 7) is 3.47. The Kier molecular flexibility index (Phi) is 4.48. The van der Waals surface area contributed by atoms with E-state index in [2.05, 4.69) is 0 Å². The highest BCUT2D eigenvalue weighted by Crippen LogP contribution is 2.60. The molecular weight excluding hydrogens is 376 g/mol. The van der Waals surface area contributed by atoms with E-state index in [-0.39, 0.29) is 35.8 Å². The molecule has 2 fully saturated rings. The van der Waals surface area contributed by atoms with Gasteiger partial charge in [-0.25, -0.2) is 9.59 Å². The van der Waals surface area contributed by atoms with Crippen LogP contribution in [0.4, 0.5) is 0 Å². The van der Waals surface area contributed by atoms with Gasteiger partial charge in [-0.1, -0.05) is 25.0 Å². The molecule has 0 amide bonds. The Balaban J connectivity index is 1.67. The minimum atomic E-state index is -1.31. The van der Waals surface area contributed by atoms with Crippen LogP contribution in [0.1, 0.15) is 65.2 Å². The molecule has 4 aliphatic carbocycles. The number of rotatable bonds is 6. The van der Waals surface area contributed by atoms with Crippen molar-refractivity contribution in [2.75, 3.05) is 0 Å². The van der Waals surface area contributed by atoms with Gasteiger partial charge in [-0.2, -0.15) is 0 Å². The van der Waals surface area contributed by atoms with Gasteiger partial charge in [0.2, 0.25) is 0 Å². The average Bonchev–Trinajstić information content (AvgIpc) is 3.44. The number of allylic oxidation sites excluding steroid dienone is 2. The first-order valence-corrected chi connectivity index (χ1v) is 10.4. The molecule has 0 aliphatic heterocycles. The van der Waals surface area contributed by atoms with Crippen molar-refractivity contribution in [1.82, 2.24) is 0 Å². The molecule has 0 aromatic rings. The lowest BCUT2D eigenvalue weighted by Gasteiger charge is -2.35. The van der Waals surface area contributed by atoms with E-state index in [0.717, 1.165) is 24.0 Å². The van der Waals surface area contributed by atoms with Crippen LogP contribution in [0.3, 0.4) is 0 Å². The molecule has 4 unspecified atom stereocenters. The van der Waals surface area contributed by atoms with Gasteiger partial charge in [0.05, 0.1) is 11.1 Å². The second kappa shape index (κ2) is 6.54. The van der Waals surface area contributed by atoms with Crippen LogP contribution in [0.15, 0.2) is 22.3 Å². The molecule has 4 rings (SSSR count). The van der Waals surface area contributed by atoms with E-state index in [1.807, 2.05) is 0 Å². The summed E-state index contributed by atoms with van der Waals surface area (Å²) in [5, 5.41) is 19.8. The smallest absolute Gasteiger partial charge is 0.343 e. The number of carbonyl (C=O) groups excluding carboxylic acids is 2. The maximum atomic E-state index is 13.0. The second-order valence-corrected chi connectivity index (χ2v) is 8.77. The van der Waals surface area contributed by atoms with Crippen molar-refractivity contribution < 1.29 is 34.1 Å². The zero-order chi connectivity index (χ0) is 21.1. The Bertz CT molecular complexity index is 823. The van der Waals surface area contributed by atoms with Crippen LogP contribution < -0.4 is 0 Å². The van der Waals surface area contributed by atoms with Gasteiger partial charge in [-0.3, -0.25) is 9.59 Å². The fourth-order valence-electron chi connectivity index (χ4n) is 6.67. The first kappa shape index (κ1) is 19.9. The Morgan fingerprint density at radius 3 is 1.52 bits per heavy atom. The number of fused-ring (bicyclic) bond motifs is 4. The molecule has 7 nitrogen and oxygen atoms in total. The summed E-state index contributed by atoms with van der Waals surface area (Å²) in [5.41, 5.74) is -0.866. The first-order valence-electron chi connectivity index (χ1n) is 10.4. The Morgan fingerprint density at radius 1 is 0.828 bits per heavy atom. The summed E-state index contributed by atoms with van der Waals surface area (Å²) < 4.78 is 5.22. The van der Waals surface area contributed by atoms with E-state index in [1.54, 1.807) is 13.8 Å². The normalized spacial score (nSPS) is 34.8. The molecule has 2 N–H and O–H groups in total. The average molecular weight is 402 g/mol. The van der Waals surface area contributed by atoms with Crippen molar-refractivity contribution >= 4 is 23.9 Å². The van der Waals surface area contributed by atoms with Crippen LogP contribution in [0.5, 0.6) is 0 Å². The number of aliphatic carboxylic acids is 2. The van der Waals surface area contributed by atoms with Gasteiger partial charge in [0, 0.05) is 0 Å². The number of esters is 2. The van der Waals surface area contributed by atoms with Crippen LogP contribution >= 0.6 is 0 Å². The SMILES string of the molecule is CCC1(C(=O)O)C(C(=O)OC(=O)C2=C3CCC(C3)C2(CC)C(=O)O)=C2CCC1C2. The van der Waals surface area contributed by atoms with Crippen molar-refractivity contribution in [2.45, 2.75) is 65.2 Å². The Morgan fingerprint density at radius 2 is 1.21 bits per heavy atom. The molecule has 0 saturated heterocycles. The largest absolute Gasteiger partial charge is 0.481 e. The fourth-order valence-corrected chi connectivity index (χ4v) is 6.67. The highest BCUT2D eigenvalue weighted by Gasteiger charge is 2.61. The minimum absolute atomic E-state index is 0.114. The van der Waals surface area contributed by atoms with Crippen molar-refractivity contribution in [3.8, 4) is 0 Å². The maximum Gasteiger partial charge on any atom is 0.343 e. The first-order chi connectivity index (χ1) is 13.7. The maximum absolute atomic E-state index is 13.0. The zero-order valence-corrected chi connectivity index (χ0v) is 16.7. The van der Waals surface area contributed by atoms with E-state index in [4.69, 9.17) is 4.74 Å². The molecule has 29 heavy (non-hydrogen) atoms. The van der Waals surface area contributed by atoms with Gasteiger partial charge in [0.15, 0.2) is 0 Å². The molecule has 156 valence electrons. The topological polar surface area (TPSA) is 118 Å². The number of ether oxygens (including phenoxy) is 1. The number of carbonyl (C=O) groups is 4. The standard InChI is InChI=1S/C22H26O7/c1-3-21(19(25)26)13-7-5-11(9-13)15(21)17(23)29-18(24)16-12-6-8-14(10-12)22(16,4-2)20(27)28/h13-14H,3-10H2,1-2H3,(H,25,26)(H,27,28). The van der Waals surface area contributed by atoms with Gasteiger partial charge >= 0.3 is 23.9 Å². The summed E-state index contributed by atoms with van der Waals surface area (Å²) in [4.78, 5) is 50.3. The molecule has 4 bridgehead atoms. The highest BCUT2D eigenvalue weighted by molar-refractivity contribution is 6.09. The predicted octanol–water partition coefficient (Wildman–Crippen LogP) is 3.24. The molecule has 0 aromatic heterocycles. The molecule has 0 aromatic carbocycles. The third-order valence-electron chi connectivity index (χ3n) is 8.04. The quantitative estimate of drug-likeness (QED) is 0.517. The molecule has 4 aliphatic rings. The third kappa shape index (κ3) is 2.36. The summed E-state index contributed by atoms with van der Waals surface area (Å²) in [7, 11) is 0. The van der Waals surface area contributed by atoms with E-state index in [1.165, 1.54) is 0 Å². The molecule has 2 saturated carbocycles. The fraction of sp³-hybridized carbons (Fsp3) is 0.636. The lowest BCUT2D eigenvalue weighted by molar-refractivity contribution is -0.162. The summed E-state index contributed by atoms with van der Waals surface area (Å²) >= 11 is 0. The number of carboxylic acids is 2. The summed E-state index contributed by atoms with van der Waals surface area (Å²) in [6.07, 6.45) is 4.30. The summed E-state index contributed by atoms with van der Waals surface area (Å²) in [6, 6.07) is 0. The Labute approximate surface area is 168 Å². The zero-order valence-electron chi connectivity index (χ0n) is 16.7. The number of carboxylic acid groups (broad SMARTS) is 2. The lowest BCUT2D eigenvalue weighted by Crippen LogP contribution is -2.43. The molecular formula is C22H26O7. The number of hydrogen-bond donors (Lipinski definition) is 2. The van der Waals surface area contributed by atoms with E-state index < -0.39 is 34.7 Å². The molecule has 0 radical (unpaired) electrons. The van der Waals surface area contributed by atoms with Gasteiger partial charge in [-0.15, -0.1) is 0 Å². The molecule has 0 heterocycles. The van der Waals surface area contributed by atoms with Crippen molar-refractivity contribution in [3.05, 3.63) is 22.3 Å². The van der Waals surface area contributed by atoms with Crippen LogP contribution in [0.25, 0.3) is 0 Å². The number of hydrogen-bond acceptors (Lipinski definition) is 5. The second-order valence-electron chi connectivity index (χ2n) is 8.77. The van der Waals surface area contributed by atoms with E-state index >= 15 is 0 Å². The molecule has 0 spiro atoms. The van der Waals surface area contributed by atoms with Crippen LogP contribution in [0, 0.1) is 22.7 Å². The van der Waals surface area contributed by atoms with Gasteiger partial charge in [0.25, 0.3) is 0 Å². The highest BCUT2D eigenvalue weighted by atomic mass is 16.6. The van der Waals surface area contributed by atoms with Crippen LogP contribution in [-0.2, 0) is 23.9 Å². The van der Waals surface area contributed by atoms with Gasteiger partial charge in [-0.05, 0) is 63.2 Å². The van der Waals surface area contributed by atoms with E-state index in [0.29, 0.717) is 25.7 Å². The minimum Gasteiger partial charge on any atom is -0.481 e. The van der Waals surface area contributed by atoms with Gasteiger partial charge < -0.3 is 14.9 Å². The third-order valence-corrected chi connectivity index (χ3v) is 8.04. The van der Waals surface area contributed by atoms with Gasteiger partial charge in [0.1, 0.15) is 10.8 Å². The van der Waals surface area contributed by atoms with Crippen LogP contribution in [0.2, 0.25) is 0 Å². The van der Waals surface area contributed by atoms with E-state index in [9.17, 15) is 29.4 Å². The van der Waals surface area contributed by atoms with Crippen molar-refractivity contribution in [2.24, 2.45) is 22.7 Å². The monoisotopic (exact) mass is 402 g/mol. The summed E-state index contributed by atoms with van der Waals surface area (Å²) in [5.74, 6) is -4.26. The molecule has 4 atom stereocenters. The Hall–Kier alpha value is -2.44.